The Morgan fingerprint density at radius 2 is 1.95 bits per heavy atom. The monoisotopic (exact) mass is 287 g/mol. The van der Waals surface area contributed by atoms with Crippen LogP contribution in [0.4, 0.5) is 17.6 Å². The molecule has 3 rings (SSSR count). The van der Waals surface area contributed by atoms with E-state index in [0.717, 1.165) is 22.9 Å². The maximum Gasteiger partial charge on any atom is 0.417 e. The average Bonchev–Trinajstić information content (AvgIpc) is 2.91. The average molecular weight is 287 g/mol. The van der Waals surface area contributed by atoms with Crippen molar-refractivity contribution in [3.05, 3.63) is 34.7 Å². The molecule has 0 radical (unpaired) electrons. The lowest BCUT2D eigenvalue weighted by atomic mass is 10.1. The van der Waals surface area contributed by atoms with E-state index < -0.39 is 17.7 Å². The van der Waals surface area contributed by atoms with Gasteiger partial charge in [-0.3, -0.25) is 0 Å². The molecule has 8 heteroatoms. The molecule has 0 amide bonds. The second-order valence-corrected chi connectivity index (χ2v) is 4.53. The zero-order valence-corrected chi connectivity index (χ0v) is 9.94. The Morgan fingerprint density at radius 3 is 2.68 bits per heavy atom. The van der Waals surface area contributed by atoms with Gasteiger partial charge in [0.25, 0.3) is 0 Å². The Hall–Kier alpha value is -1.96. The largest absolute Gasteiger partial charge is 0.417 e. The molecule has 0 aliphatic carbocycles. The Balaban J connectivity index is 2.26. The predicted octanol–water partition coefficient (Wildman–Crippen LogP) is 3.84. The van der Waals surface area contributed by atoms with Crippen molar-refractivity contribution in [2.75, 3.05) is 0 Å². The van der Waals surface area contributed by atoms with Crippen LogP contribution in [0.3, 0.4) is 0 Å². The van der Waals surface area contributed by atoms with Crippen molar-refractivity contribution in [1.29, 1.82) is 0 Å². The zero-order valence-electron chi connectivity index (χ0n) is 9.12. The fraction of sp³-hybridized carbons (Fsp3) is 0.0909. The van der Waals surface area contributed by atoms with Crippen LogP contribution in [0.25, 0.3) is 22.3 Å². The maximum atomic E-state index is 13.1. The predicted molar refractivity (Wildman–Crippen MR) is 62.2 cm³/mol. The second kappa shape index (κ2) is 4.02. The van der Waals surface area contributed by atoms with E-state index in [-0.39, 0.29) is 22.3 Å². The molecule has 0 atom stereocenters. The van der Waals surface area contributed by atoms with E-state index in [0.29, 0.717) is 0 Å². The third-order valence-electron chi connectivity index (χ3n) is 2.61. The van der Waals surface area contributed by atoms with Crippen LogP contribution in [-0.4, -0.2) is 15.0 Å². The van der Waals surface area contributed by atoms with Crippen LogP contribution < -0.4 is 0 Å². The number of fused-ring (bicyclic) bond motifs is 1. The Labute approximate surface area is 107 Å². The molecule has 0 unspecified atom stereocenters. The first-order valence-corrected chi connectivity index (χ1v) is 6.04. The lowest BCUT2D eigenvalue weighted by molar-refractivity contribution is -0.136. The van der Waals surface area contributed by atoms with E-state index in [1.54, 1.807) is 0 Å². The van der Waals surface area contributed by atoms with Crippen molar-refractivity contribution in [2.45, 2.75) is 6.18 Å². The molecule has 0 spiro atoms. The number of nitrogens with zero attached hydrogens (tertiary/aromatic N) is 2. The van der Waals surface area contributed by atoms with Gasteiger partial charge in [0.1, 0.15) is 5.52 Å². The quantitative estimate of drug-likeness (QED) is 0.691. The fourth-order valence-electron chi connectivity index (χ4n) is 1.80. The summed E-state index contributed by atoms with van der Waals surface area (Å²) in [6.45, 7) is 0. The summed E-state index contributed by atoms with van der Waals surface area (Å²) in [7, 11) is 0. The molecule has 0 bridgehead atoms. The van der Waals surface area contributed by atoms with Crippen LogP contribution >= 0.6 is 11.3 Å². The highest BCUT2D eigenvalue weighted by molar-refractivity contribution is 7.08. The van der Waals surface area contributed by atoms with Crippen molar-refractivity contribution in [3.63, 3.8) is 0 Å². The van der Waals surface area contributed by atoms with Gasteiger partial charge in [-0.1, -0.05) is 0 Å². The molecular weight excluding hydrogens is 282 g/mol. The molecule has 0 aromatic carbocycles. The molecule has 1 N–H and O–H groups in total. The first-order chi connectivity index (χ1) is 8.97. The number of alkyl halides is 3. The first-order valence-electron chi connectivity index (χ1n) is 5.10. The topological polar surface area (TPSA) is 41.6 Å². The van der Waals surface area contributed by atoms with Gasteiger partial charge in [0.05, 0.1) is 11.8 Å². The third-order valence-corrected chi connectivity index (χ3v) is 3.35. The van der Waals surface area contributed by atoms with Crippen LogP contribution in [0.5, 0.6) is 0 Å². The molecule has 0 aliphatic rings. The Morgan fingerprint density at radius 1 is 1.16 bits per heavy atom. The second-order valence-electron chi connectivity index (χ2n) is 3.79. The number of hydrogen-bond donors (Lipinski definition) is 1. The maximum absolute atomic E-state index is 13.1. The summed E-state index contributed by atoms with van der Waals surface area (Å²) >= 11 is 0.928. The number of aromatic nitrogens is 3. The van der Waals surface area contributed by atoms with Gasteiger partial charge in [-0.15, -0.1) is 0 Å². The van der Waals surface area contributed by atoms with E-state index in [2.05, 4.69) is 15.0 Å². The number of rotatable bonds is 1. The molecule has 3 aromatic heterocycles. The number of aromatic amines is 1. The number of hydrogen-bond acceptors (Lipinski definition) is 3. The van der Waals surface area contributed by atoms with Crippen LogP contribution in [0.2, 0.25) is 0 Å². The van der Waals surface area contributed by atoms with Crippen molar-refractivity contribution >= 4 is 22.5 Å². The van der Waals surface area contributed by atoms with Gasteiger partial charge >= 0.3 is 6.18 Å². The van der Waals surface area contributed by atoms with Gasteiger partial charge in [-0.2, -0.15) is 28.9 Å². The minimum absolute atomic E-state index is 0.0244. The van der Waals surface area contributed by atoms with Crippen LogP contribution in [0.1, 0.15) is 5.56 Å². The van der Waals surface area contributed by atoms with Crippen molar-refractivity contribution < 1.29 is 17.6 Å². The minimum atomic E-state index is -4.46. The van der Waals surface area contributed by atoms with Gasteiger partial charge in [-0.05, 0) is 5.38 Å². The molecule has 3 nitrogen and oxygen atoms in total. The summed E-state index contributed by atoms with van der Waals surface area (Å²) in [6.07, 6.45) is -2.21. The van der Waals surface area contributed by atoms with Crippen molar-refractivity contribution in [3.8, 4) is 11.1 Å². The molecule has 19 heavy (non-hydrogen) atoms. The molecule has 3 aromatic rings. The summed E-state index contributed by atoms with van der Waals surface area (Å²) in [4.78, 5) is 10.0. The molecule has 0 saturated heterocycles. The summed E-state index contributed by atoms with van der Waals surface area (Å²) < 4.78 is 51.6. The lowest BCUT2D eigenvalue weighted by Gasteiger charge is -2.06. The Kier molecular flexibility index (Phi) is 2.56. The van der Waals surface area contributed by atoms with Crippen LogP contribution in [-0.2, 0) is 6.18 Å². The normalized spacial score (nSPS) is 12.2. The Bertz CT molecular complexity index is 744. The molecule has 0 saturated carbocycles. The number of nitrogens with one attached hydrogen (secondary N) is 1. The zero-order chi connectivity index (χ0) is 13.6. The highest BCUT2D eigenvalue weighted by Gasteiger charge is 2.35. The summed E-state index contributed by atoms with van der Waals surface area (Å²) in [5.74, 6) is -0.836. The van der Waals surface area contributed by atoms with Gasteiger partial charge < -0.3 is 4.98 Å². The summed E-state index contributed by atoms with van der Waals surface area (Å²) in [5.41, 5.74) is -0.261. The summed E-state index contributed by atoms with van der Waals surface area (Å²) in [5, 5.41) is 2.37. The van der Waals surface area contributed by atoms with E-state index in [1.807, 2.05) is 0 Å². The first kappa shape index (κ1) is 12.1. The minimum Gasteiger partial charge on any atom is -0.344 e. The lowest BCUT2D eigenvalue weighted by Crippen LogP contribution is -2.04. The molecule has 98 valence electrons. The van der Waals surface area contributed by atoms with Gasteiger partial charge in [-0.25, -0.2) is 9.97 Å². The van der Waals surface area contributed by atoms with Crippen LogP contribution in [0, 0.1) is 5.95 Å². The van der Waals surface area contributed by atoms with E-state index in [4.69, 9.17) is 0 Å². The summed E-state index contributed by atoms with van der Waals surface area (Å²) in [6, 6.07) is 0. The fourth-order valence-corrected chi connectivity index (χ4v) is 2.66. The van der Waals surface area contributed by atoms with Crippen molar-refractivity contribution in [2.24, 2.45) is 0 Å². The van der Waals surface area contributed by atoms with Crippen LogP contribution in [0.15, 0.2) is 23.2 Å². The van der Waals surface area contributed by atoms with E-state index in [9.17, 15) is 17.6 Å². The third kappa shape index (κ3) is 1.97. The number of H-pyrrole nitrogens is 1. The molecule has 3 heterocycles. The highest BCUT2D eigenvalue weighted by Crippen LogP contribution is 2.40. The molecule has 0 fully saturated rings. The molecular formula is C11H5F4N3S. The highest BCUT2D eigenvalue weighted by atomic mass is 32.1. The van der Waals surface area contributed by atoms with Gasteiger partial charge in [0, 0.05) is 22.7 Å². The smallest absolute Gasteiger partial charge is 0.344 e. The SMILES string of the molecule is Fc1cnc2[nH]cc(-c3cscc3C(F)(F)F)c2n1. The standard InChI is InChI=1S/C11H5F4N3S/c12-8-2-17-10-9(18-8)5(1-16-10)6-3-19-4-7(6)11(13,14)15/h1-4H,(H,16,17). The number of halogens is 4. The molecule has 0 aliphatic heterocycles. The van der Waals surface area contributed by atoms with Gasteiger partial charge in [0.2, 0.25) is 5.95 Å². The van der Waals surface area contributed by atoms with Crippen molar-refractivity contribution in [1.82, 2.24) is 15.0 Å². The van der Waals surface area contributed by atoms with E-state index >= 15 is 0 Å². The van der Waals surface area contributed by atoms with E-state index in [1.165, 1.54) is 11.6 Å². The van der Waals surface area contributed by atoms with Gasteiger partial charge in [0.15, 0.2) is 5.65 Å². The number of thiophene rings is 1.